The van der Waals surface area contributed by atoms with E-state index in [1.54, 1.807) is 0 Å². The van der Waals surface area contributed by atoms with Crippen molar-refractivity contribution in [2.24, 2.45) is 0 Å². The lowest BCUT2D eigenvalue weighted by atomic mass is 10.2. The van der Waals surface area contributed by atoms with Crippen molar-refractivity contribution in [3.63, 3.8) is 0 Å². The van der Waals surface area contributed by atoms with Gasteiger partial charge in [-0.05, 0) is 57.0 Å². The van der Waals surface area contributed by atoms with Gasteiger partial charge in [-0.2, -0.15) is 0 Å². The van der Waals surface area contributed by atoms with E-state index >= 15 is 0 Å². The molecule has 0 saturated carbocycles. The summed E-state index contributed by atoms with van der Waals surface area (Å²) in [6.07, 6.45) is 0.992. The van der Waals surface area contributed by atoms with E-state index in [-0.39, 0.29) is 12.6 Å². The topological polar surface area (TPSA) is 35.5 Å². The average molecular weight is 344 g/mol. The zero-order valence-corrected chi connectivity index (χ0v) is 15.3. The summed E-state index contributed by atoms with van der Waals surface area (Å²) in [5, 5.41) is 0. The molecule has 3 nitrogen and oxygen atoms in total. The Balaban J connectivity index is 1.73. The Kier molecular flexibility index (Phi) is 6.73. The molecule has 0 atom stereocenters. The summed E-state index contributed by atoms with van der Waals surface area (Å²) in [5.41, 5.74) is 0.767. The Labute approximate surface area is 148 Å². The highest BCUT2D eigenvalue weighted by Crippen LogP contribution is 2.19. The number of esters is 1. The monoisotopic (exact) mass is 344 g/mol. The summed E-state index contributed by atoms with van der Waals surface area (Å²) in [5.74, 6) is 1.36. The summed E-state index contributed by atoms with van der Waals surface area (Å²) in [4.78, 5) is 12.9. The van der Waals surface area contributed by atoms with E-state index in [4.69, 9.17) is 9.47 Å². The molecule has 0 N–H and O–H groups in total. The Morgan fingerprint density at radius 3 is 2.29 bits per heavy atom. The van der Waals surface area contributed by atoms with E-state index in [1.165, 1.54) is 10.5 Å². The maximum atomic E-state index is 11.6. The van der Waals surface area contributed by atoms with Gasteiger partial charge < -0.3 is 9.47 Å². The maximum Gasteiger partial charge on any atom is 0.344 e. The minimum Gasteiger partial charge on any atom is -0.482 e. The fourth-order valence-electron chi connectivity index (χ4n) is 2.07. The van der Waals surface area contributed by atoms with Crippen LogP contribution in [-0.2, 0) is 16.0 Å². The Hall–Kier alpha value is -1.94. The van der Waals surface area contributed by atoms with Crippen molar-refractivity contribution in [1.29, 1.82) is 0 Å². The van der Waals surface area contributed by atoms with Crippen molar-refractivity contribution in [2.75, 3.05) is 12.4 Å². The van der Waals surface area contributed by atoms with Gasteiger partial charge in [0.05, 0.1) is 0 Å². The number of carbonyl (C=O) groups excluding carboxylic acids is 1. The smallest absolute Gasteiger partial charge is 0.344 e. The lowest BCUT2D eigenvalue weighted by Crippen LogP contribution is -2.27. The predicted octanol–water partition coefficient (Wildman–Crippen LogP) is 4.74. The Morgan fingerprint density at radius 2 is 1.67 bits per heavy atom. The second-order valence-electron chi connectivity index (χ2n) is 6.43. The molecule has 0 spiro atoms. The molecule has 0 aliphatic carbocycles. The zero-order valence-electron chi connectivity index (χ0n) is 14.5. The molecule has 24 heavy (non-hydrogen) atoms. The van der Waals surface area contributed by atoms with Gasteiger partial charge in [-0.1, -0.05) is 30.3 Å². The number of ether oxygens (including phenoxy) is 2. The van der Waals surface area contributed by atoms with Crippen LogP contribution < -0.4 is 4.74 Å². The van der Waals surface area contributed by atoms with Gasteiger partial charge in [-0.25, -0.2) is 4.79 Å². The van der Waals surface area contributed by atoms with Gasteiger partial charge in [-0.15, -0.1) is 11.8 Å². The molecule has 0 saturated heterocycles. The van der Waals surface area contributed by atoms with Gasteiger partial charge >= 0.3 is 5.97 Å². The minimum absolute atomic E-state index is 0.0690. The van der Waals surface area contributed by atoms with Crippen LogP contribution in [0.25, 0.3) is 0 Å². The van der Waals surface area contributed by atoms with E-state index < -0.39 is 5.60 Å². The highest BCUT2D eigenvalue weighted by Gasteiger charge is 2.16. The Morgan fingerprint density at radius 1 is 1.00 bits per heavy atom. The molecule has 0 unspecified atom stereocenters. The molecule has 4 heteroatoms. The molecule has 0 aliphatic rings. The van der Waals surface area contributed by atoms with E-state index in [0.29, 0.717) is 5.75 Å². The summed E-state index contributed by atoms with van der Waals surface area (Å²) in [6, 6.07) is 18.3. The highest BCUT2D eigenvalue weighted by molar-refractivity contribution is 7.99. The first-order valence-corrected chi connectivity index (χ1v) is 9.02. The third-order valence-corrected chi connectivity index (χ3v) is 4.12. The van der Waals surface area contributed by atoms with Gasteiger partial charge in [0.15, 0.2) is 6.61 Å². The van der Waals surface area contributed by atoms with Crippen molar-refractivity contribution < 1.29 is 14.3 Å². The van der Waals surface area contributed by atoms with E-state index in [9.17, 15) is 4.79 Å². The van der Waals surface area contributed by atoms with Crippen LogP contribution in [0, 0.1) is 0 Å². The second kappa shape index (κ2) is 8.78. The third kappa shape index (κ3) is 7.09. The molecule has 2 rings (SSSR count). The van der Waals surface area contributed by atoms with E-state index in [2.05, 4.69) is 24.3 Å². The SMILES string of the molecule is CC(C)(C)OC(=O)COc1ccc(CCSc2ccccc2)cc1. The first-order valence-electron chi connectivity index (χ1n) is 8.04. The fourth-order valence-corrected chi connectivity index (χ4v) is 2.99. The minimum atomic E-state index is -0.485. The lowest BCUT2D eigenvalue weighted by Gasteiger charge is -2.19. The van der Waals surface area contributed by atoms with Crippen LogP contribution in [0.1, 0.15) is 26.3 Å². The molecule has 128 valence electrons. The molecule has 0 fully saturated rings. The van der Waals surface area contributed by atoms with Gasteiger partial charge in [0, 0.05) is 10.6 Å². The Bertz CT molecular complexity index is 630. The van der Waals surface area contributed by atoms with Crippen LogP contribution in [0.2, 0.25) is 0 Å². The number of rotatable bonds is 7. The first kappa shape index (κ1) is 18.4. The molecular weight excluding hydrogens is 320 g/mol. The number of aryl methyl sites for hydroxylation is 1. The van der Waals surface area contributed by atoms with Gasteiger partial charge in [0.1, 0.15) is 11.4 Å². The molecule has 0 aliphatic heterocycles. The molecule has 0 bridgehead atoms. The molecule has 2 aromatic carbocycles. The summed E-state index contributed by atoms with van der Waals surface area (Å²) >= 11 is 1.85. The number of hydrogen-bond acceptors (Lipinski definition) is 4. The zero-order chi connectivity index (χ0) is 17.4. The second-order valence-corrected chi connectivity index (χ2v) is 7.60. The maximum absolute atomic E-state index is 11.6. The molecule has 0 amide bonds. The van der Waals surface area contributed by atoms with Crippen molar-refractivity contribution >= 4 is 17.7 Å². The lowest BCUT2D eigenvalue weighted by molar-refractivity contribution is -0.157. The van der Waals surface area contributed by atoms with Crippen LogP contribution >= 0.6 is 11.8 Å². The summed E-state index contributed by atoms with van der Waals surface area (Å²) in [6.45, 7) is 5.45. The molecule has 0 heterocycles. The van der Waals surface area contributed by atoms with E-state index in [0.717, 1.165) is 12.2 Å². The van der Waals surface area contributed by atoms with Crippen LogP contribution in [0.3, 0.4) is 0 Å². The van der Waals surface area contributed by atoms with Gasteiger partial charge in [-0.3, -0.25) is 0 Å². The number of benzene rings is 2. The van der Waals surface area contributed by atoms with Crippen LogP contribution in [0.15, 0.2) is 59.5 Å². The molecule has 0 radical (unpaired) electrons. The quantitative estimate of drug-likeness (QED) is 0.537. The first-order chi connectivity index (χ1) is 11.4. The summed E-state index contributed by atoms with van der Waals surface area (Å²) < 4.78 is 10.7. The molecular formula is C20H24O3S. The number of hydrogen-bond donors (Lipinski definition) is 0. The number of carbonyl (C=O) groups is 1. The fraction of sp³-hybridized carbons (Fsp3) is 0.350. The molecule has 0 aromatic heterocycles. The predicted molar refractivity (Wildman–Crippen MR) is 98.7 cm³/mol. The van der Waals surface area contributed by atoms with Crippen LogP contribution in [0.5, 0.6) is 5.75 Å². The average Bonchev–Trinajstić information content (AvgIpc) is 2.53. The van der Waals surface area contributed by atoms with Crippen molar-refractivity contribution in [3.05, 3.63) is 60.2 Å². The van der Waals surface area contributed by atoms with Crippen LogP contribution in [-0.4, -0.2) is 23.9 Å². The number of thioether (sulfide) groups is 1. The standard InChI is InChI=1S/C20H24O3S/c1-20(2,3)23-19(21)15-22-17-11-9-16(10-12-17)13-14-24-18-7-5-4-6-8-18/h4-12H,13-15H2,1-3H3. The van der Waals surface area contributed by atoms with E-state index in [1.807, 2.05) is 62.9 Å². The normalized spacial score (nSPS) is 11.1. The van der Waals surface area contributed by atoms with Gasteiger partial charge in [0.2, 0.25) is 0 Å². The summed E-state index contributed by atoms with van der Waals surface area (Å²) in [7, 11) is 0. The van der Waals surface area contributed by atoms with Gasteiger partial charge in [0.25, 0.3) is 0 Å². The van der Waals surface area contributed by atoms with Crippen molar-refractivity contribution in [2.45, 2.75) is 37.7 Å². The largest absolute Gasteiger partial charge is 0.482 e. The van der Waals surface area contributed by atoms with Crippen LogP contribution in [0.4, 0.5) is 0 Å². The highest BCUT2D eigenvalue weighted by atomic mass is 32.2. The molecule has 2 aromatic rings. The van der Waals surface area contributed by atoms with Crippen molar-refractivity contribution in [3.8, 4) is 5.75 Å². The third-order valence-electron chi connectivity index (χ3n) is 3.10. The van der Waals surface area contributed by atoms with Crippen molar-refractivity contribution in [1.82, 2.24) is 0 Å².